The monoisotopic (exact) mass is 291 g/mol. The van der Waals surface area contributed by atoms with Gasteiger partial charge in [0.2, 0.25) is 0 Å². The van der Waals surface area contributed by atoms with Crippen LogP contribution in [0.2, 0.25) is 0 Å². The standard InChI is InChI=1S/C17H29N3O/c1-14(2)7-5-3-4-6-12-19-17(21)20-16-10-8-15(13-18)9-11-16/h8-11,14H,3-7,12-13,18H2,1-2H3,(H2,19,20,21). The molecule has 0 bridgehead atoms. The second-order valence-corrected chi connectivity index (χ2v) is 5.88. The van der Waals surface area contributed by atoms with Crippen LogP contribution in [0.3, 0.4) is 0 Å². The molecule has 0 aliphatic rings. The first-order valence-electron chi connectivity index (χ1n) is 7.95. The van der Waals surface area contributed by atoms with E-state index < -0.39 is 0 Å². The lowest BCUT2D eigenvalue weighted by molar-refractivity contribution is 0.252. The molecular formula is C17H29N3O. The van der Waals surface area contributed by atoms with E-state index in [0.717, 1.165) is 30.1 Å². The molecule has 0 saturated carbocycles. The molecule has 1 aromatic rings. The average Bonchev–Trinajstić information content (AvgIpc) is 2.46. The van der Waals surface area contributed by atoms with E-state index in [2.05, 4.69) is 24.5 Å². The summed E-state index contributed by atoms with van der Waals surface area (Å²) in [4.78, 5) is 11.7. The van der Waals surface area contributed by atoms with Crippen molar-refractivity contribution < 1.29 is 4.79 Å². The Hall–Kier alpha value is -1.55. The fourth-order valence-electron chi connectivity index (χ4n) is 2.13. The quantitative estimate of drug-likeness (QED) is 0.604. The summed E-state index contributed by atoms with van der Waals surface area (Å²) in [6, 6.07) is 7.44. The molecule has 0 aliphatic carbocycles. The third-order valence-electron chi connectivity index (χ3n) is 3.44. The van der Waals surface area contributed by atoms with E-state index in [0.29, 0.717) is 6.54 Å². The maximum atomic E-state index is 11.7. The summed E-state index contributed by atoms with van der Waals surface area (Å²) in [6.45, 7) is 5.76. The zero-order valence-corrected chi connectivity index (χ0v) is 13.3. The first kappa shape index (κ1) is 17.5. The normalized spacial score (nSPS) is 10.7. The molecule has 4 nitrogen and oxygen atoms in total. The highest BCUT2D eigenvalue weighted by Crippen LogP contribution is 2.10. The third kappa shape index (κ3) is 8.35. The minimum absolute atomic E-state index is 0.141. The van der Waals surface area contributed by atoms with Gasteiger partial charge in [-0.25, -0.2) is 4.79 Å². The maximum absolute atomic E-state index is 11.7. The number of amides is 2. The lowest BCUT2D eigenvalue weighted by Crippen LogP contribution is -2.29. The fourth-order valence-corrected chi connectivity index (χ4v) is 2.13. The summed E-state index contributed by atoms with van der Waals surface area (Å²) in [5.74, 6) is 0.791. The Bertz CT molecular complexity index is 401. The molecule has 0 atom stereocenters. The van der Waals surface area contributed by atoms with Gasteiger partial charge in [-0.3, -0.25) is 0 Å². The van der Waals surface area contributed by atoms with Crippen molar-refractivity contribution in [1.29, 1.82) is 0 Å². The number of carbonyl (C=O) groups excluding carboxylic acids is 1. The molecule has 4 N–H and O–H groups in total. The first-order valence-corrected chi connectivity index (χ1v) is 7.95. The number of rotatable bonds is 9. The number of benzene rings is 1. The summed E-state index contributed by atoms with van der Waals surface area (Å²) in [5, 5.41) is 5.70. The predicted octanol–water partition coefficient (Wildman–Crippen LogP) is 3.87. The number of anilines is 1. The Balaban J connectivity index is 2.08. The number of unbranched alkanes of at least 4 members (excludes halogenated alkanes) is 3. The van der Waals surface area contributed by atoms with Gasteiger partial charge < -0.3 is 16.4 Å². The minimum Gasteiger partial charge on any atom is -0.338 e. The SMILES string of the molecule is CC(C)CCCCCCNC(=O)Nc1ccc(CN)cc1. The van der Waals surface area contributed by atoms with Gasteiger partial charge in [-0.05, 0) is 30.0 Å². The molecule has 1 aromatic carbocycles. The van der Waals surface area contributed by atoms with Crippen LogP contribution in [-0.2, 0) is 6.54 Å². The molecule has 0 spiro atoms. The topological polar surface area (TPSA) is 67.2 Å². The van der Waals surface area contributed by atoms with Crippen molar-refractivity contribution in [3.63, 3.8) is 0 Å². The number of urea groups is 1. The van der Waals surface area contributed by atoms with E-state index in [9.17, 15) is 4.79 Å². The number of carbonyl (C=O) groups is 1. The van der Waals surface area contributed by atoms with Crippen LogP contribution in [0.15, 0.2) is 24.3 Å². The number of hydrogen-bond acceptors (Lipinski definition) is 2. The number of hydrogen-bond donors (Lipinski definition) is 3. The Morgan fingerprint density at radius 1 is 1.10 bits per heavy atom. The van der Waals surface area contributed by atoms with Crippen LogP contribution in [0, 0.1) is 5.92 Å². The Morgan fingerprint density at radius 3 is 2.38 bits per heavy atom. The van der Waals surface area contributed by atoms with Crippen LogP contribution in [0.25, 0.3) is 0 Å². The van der Waals surface area contributed by atoms with E-state index in [1.54, 1.807) is 0 Å². The Morgan fingerprint density at radius 2 is 1.76 bits per heavy atom. The largest absolute Gasteiger partial charge is 0.338 e. The summed E-state index contributed by atoms with van der Waals surface area (Å²) in [7, 11) is 0. The van der Waals surface area contributed by atoms with Crippen LogP contribution < -0.4 is 16.4 Å². The molecule has 21 heavy (non-hydrogen) atoms. The second kappa shape index (κ2) is 10.2. The molecule has 1 rings (SSSR count). The zero-order valence-electron chi connectivity index (χ0n) is 13.3. The highest BCUT2D eigenvalue weighted by Gasteiger charge is 2.01. The highest BCUT2D eigenvalue weighted by atomic mass is 16.2. The molecule has 0 heterocycles. The molecule has 118 valence electrons. The van der Waals surface area contributed by atoms with Crippen LogP contribution in [0.4, 0.5) is 10.5 Å². The maximum Gasteiger partial charge on any atom is 0.319 e. The highest BCUT2D eigenvalue weighted by molar-refractivity contribution is 5.89. The van der Waals surface area contributed by atoms with Gasteiger partial charge in [-0.2, -0.15) is 0 Å². The van der Waals surface area contributed by atoms with Crippen LogP contribution in [-0.4, -0.2) is 12.6 Å². The molecule has 0 saturated heterocycles. The van der Waals surface area contributed by atoms with E-state index in [1.165, 1.54) is 25.7 Å². The number of nitrogens with one attached hydrogen (secondary N) is 2. The zero-order chi connectivity index (χ0) is 15.5. The van der Waals surface area contributed by atoms with Gasteiger partial charge in [-0.1, -0.05) is 51.7 Å². The Labute approximate surface area is 128 Å². The van der Waals surface area contributed by atoms with Gasteiger partial charge in [-0.15, -0.1) is 0 Å². The van der Waals surface area contributed by atoms with Gasteiger partial charge in [0.05, 0.1) is 0 Å². The van der Waals surface area contributed by atoms with Gasteiger partial charge in [0.25, 0.3) is 0 Å². The van der Waals surface area contributed by atoms with Crippen molar-refractivity contribution in [2.45, 2.75) is 52.5 Å². The van der Waals surface area contributed by atoms with Crippen molar-refractivity contribution in [1.82, 2.24) is 5.32 Å². The van der Waals surface area contributed by atoms with Crippen molar-refractivity contribution in [2.24, 2.45) is 11.7 Å². The van der Waals surface area contributed by atoms with Crippen molar-refractivity contribution in [2.75, 3.05) is 11.9 Å². The molecule has 4 heteroatoms. The van der Waals surface area contributed by atoms with Crippen molar-refractivity contribution >= 4 is 11.7 Å². The fraction of sp³-hybridized carbons (Fsp3) is 0.588. The minimum atomic E-state index is -0.141. The van der Waals surface area contributed by atoms with Gasteiger partial charge in [0.1, 0.15) is 0 Å². The van der Waals surface area contributed by atoms with Gasteiger partial charge in [0.15, 0.2) is 0 Å². The molecule has 0 radical (unpaired) electrons. The van der Waals surface area contributed by atoms with Crippen LogP contribution in [0.5, 0.6) is 0 Å². The first-order chi connectivity index (χ1) is 10.1. The van der Waals surface area contributed by atoms with Crippen LogP contribution >= 0.6 is 0 Å². The van der Waals surface area contributed by atoms with E-state index in [1.807, 2.05) is 24.3 Å². The lowest BCUT2D eigenvalue weighted by atomic mass is 10.0. The third-order valence-corrected chi connectivity index (χ3v) is 3.44. The van der Waals surface area contributed by atoms with Gasteiger partial charge in [0, 0.05) is 18.8 Å². The molecule has 0 fully saturated rings. The number of nitrogens with two attached hydrogens (primary N) is 1. The second-order valence-electron chi connectivity index (χ2n) is 5.88. The molecular weight excluding hydrogens is 262 g/mol. The summed E-state index contributed by atoms with van der Waals surface area (Å²) in [6.07, 6.45) is 6.06. The van der Waals surface area contributed by atoms with Crippen molar-refractivity contribution in [3.8, 4) is 0 Å². The summed E-state index contributed by atoms with van der Waals surface area (Å²) < 4.78 is 0. The predicted molar refractivity (Wildman–Crippen MR) is 89.3 cm³/mol. The summed E-state index contributed by atoms with van der Waals surface area (Å²) >= 11 is 0. The molecule has 2 amide bonds. The smallest absolute Gasteiger partial charge is 0.319 e. The molecule has 0 aromatic heterocycles. The Kier molecular flexibility index (Phi) is 8.51. The van der Waals surface area contributed by atoms with Gasteiger partial charge >= 0.3 is 6.03 Å². The molecule has 0 aliphatic heterocycles. The van der Waals surface area contributed by atoms with Crippen LogP contribution in [0.1, 0.15) is 51.5 Å². The van der Waals surface area contributed by atoms with Crippen molar-refractivity contribution in [3.05, 3.63) is 29.8 Å². The van der Waals surface area contributed by atoms with E-state index in [4.69, 9.17) is 5.73 Å². The van der Waals surface area contributed by atoms with E-state index >= 15 is 0 Å². The summed E-state index contributed by atoms with van der Waals surface area (Å²) in [5.41, 5.74) is 7.38. The molecule has 0 unspecified atom stereocenters. The lowest BCUT2D eigenvalue weighted by Gasteiger charge is -2.08. The van der Waals surface area contributed by atoms with E-state index in [-0.39, 0.29) is 6.03 Å². The average molecular weight is 291 g/mol.